The zero-order chi connectivity index (χ0) is 24.4. The van der Waals surface area contributed by atoms with E-state index in [1.165, 1.54) is 29.1 Å². The Balaban J connectivity index is 1.39. The van der Waals surface area contributed by atoms with Crippen molar-refractivity contribution >= 4 is 21.8 Å². The molecule has 0 aliphatic carbocycles. The predicted molar refractivity (Wildman–Crippen MR) is 130 cm³/mol. The summed E-state index contributed by atoms with van der Waals surface area (Å²) in [6, 6.07) is 16.3. The maximum Gasteiger partial charge on any atom is 0.243 e. The number of rotatable bonds is 11. The topological polar surface area (TPSA) is 105 Å². The molecule has 0 bridgehead atoms. The minimum atomic E-state index is -3.69. The van der Waals surface area contributed by atoms with Gasteiger partial charge in [0.05, 0.1) is 17.9 Å². The fraction of sp³-hybridized carbons (Fsp3) is 0.440. The van der Waals surface area contributed by atoms with Gasteiger partial charge in [0, 0.05) is 32.6 Å². The summed E-state index contributed by atoms with van der Waals surface area (Å²) in [7, 11) is -2.17. The summed E-state index contributed by atoms with van der Waals surface area (Å²) < 4.78 is 32.4. The molecule has 1 aliphatic heterocycles. The van der Waals surface area contributed by atoms with Crippen LogP contribution in [0.5, 0.6) is 5.75 Å². The van der Waals surface area contributed by atoms with Gasteiger partial charge in [-0.2, -0.15) is 4.31 Å². The van der Waals surface area contributed by atoms with Gasteiger partial charge in [0.1, 0.15) is 5.75 Å². The summed E-state index contributed by atoms with van der Waals surface area (Å²) in [5.41, 5.74) is 1.24. The predicted octanol–water partition coefficient (Wildman–Crippen LogP) is 2.35. The first-order chi connectivity index (χ1) is 16.4. The van der Waals surface area contributed by atoms with E-state index in [4.69, 9.17) is 4.74 Å². The lowest BCUT2D eigenvalue weighted by Gasteiger charge is -2.31. The summed E-state index contributed by atoms with van der Waals surface area (Å²) >= 11 is 0. The van der Waals surface area contributed by atoms with Crippen molar-refractivity contribution < 1.29 is 22.7 Å². The van der Waals surface area contributed by atoms with Crippen molar-refractivity contribution in [2.75, 3.05) is 33.3 Å². The van der Waals surface area contributed by atoms with Gasteiger partial charge in [0.2, 0.25) is 21.8 Å². The van der Waals surface area contributed by atoms with Crippen molar-refractivity contribution in [1.82, 2.24) is 14.9 Å². The Labute approximate surface area is 201 Å². The molecule has 1 aliphatic rings. The van der Waals surface area contributed by atoms with Crippen molar-refractivity contribution in [2.24, 2.45) is 5.92 Å². The summed E-state index contributed by atoms with van der Waals surface area (Å²) in [5, 5.41) is 5.66. The molecule has 3 rings (SSSR count). The second kappa shape index (κ2) is 12.5. The van der Waals surface area contributed by atoms with Crippen LogP contribution in [0.2, 0.25) is 0 Å². The number of methoxy groups -OCH3 is 1. The molecule has 2 amide bonds. The molecule has 1 fully saturated rings. The lowest BCUT2D eigenvalue weighted by Crippen LogP contribution is -2.45. The van der Waals surface area contributed by atoms with E-state index in [1.807, 2.05) is 18.2 Å². The van der Waals surface area contributed by atoms with Crippen LogP contribution >= 0.6 is 0 Å². The molecule has 0 unspecified atom stereocenters. The average Bonchev–Trinajstić information content (AvgIpc) is 2.87. The smallest absolute Gasteiger partial charge is 0.243 e. The van der Waals surface area contributed by atoms with E-state index < -0.39 is 15.9 Å². The fourth-order valence-corrected chi connectivity index (χ4v) is 5.49. The standard InChI is InChI=1S/C25H33N3O5S/c1-33-22-11-13-23(14-12-22)34(31,32)28-18-6-10-21(19-28)25(30)27-17-15-24(29)26-16-5-9-20-7-3-2-4-8-20/h2-4,7-8,11-14,21H,5-6,9-10,15-19H2,1H3,(H,26,29)(H,27,30)/t21-/m0/s1. The van der Waals surface area contributed by atoms with E-state index in [1.54, 1.807) is 12.1 Å². The Morgan fingerprint density at radius 1 is 1.03 bits per heavy atom. The zero-order valence-electron chi connectivity index (χ0n) is 19.5. The van der Waals surface area contributed by atoms with Crippen LogP contribution in [-0.2, 0) is 26.0 Å². The largest absolute Gasteiger partial charge is 0.497 e. The molecule has 0 spiro atoms. The minimum Gasteiger partial charge on any atom is -0.497 e. The van der Waals surface area contributed by atoms with E-state index in [0.717, 1.165) is 12.8 Å². The van der Waals surface area contributed by atoms with Crippen LogP contribution in [0.3, 0.4) is 0 Å². The zero-order valence-corrected chi connectivity index (χ0v) is 20.4. The molecule has 0 radical (unpaired) electrons. The van der Waals surface area contributed by atoms with Crippen LogP contribution in [0.15, 0.2) is 59.5 Å². The number of hydrogen-bond donors (Lipinski definition) is 2. The molecular formula is C25H33N3O5S. The van der Waals surface area contributed by atoms with Gasteiger partial charge >= 0.3 is 0 Å². The molecule has 2 aromatic rings. The first-order valence-electron chi connectivity index (χ1n) is 11.6. The number of nitrogens with one attached hydrogen (secondary N) is 2. The highest BCUT2D eigenvalue weighted by Gasteiger charge is 2.33. The second-order valence-corrected chi connectivity index (χ2v) is 10.3. The van der Waals surface area contributed by atoms with Crippen molar-refractivity contribution in [3.05, 3.63) is 60.2 Å². The number of carbonyl (C=O) groups excluding carboxylic acids is 2. The number of amides is 2. The van der Waals surface area contributed by atoms with Gasteiger partial charge in [0.15, 0.2) is 0 Å². The van der Waals surface area contributed by atoms with Crippen molar-refractivity contribution in [1.29, 1.82) is 0 Å². The molecular weight excluding hydrogens is 454 g/mol. The Bertz CT molecular complexity index is 1040. The van der Waals surface area contributed by atoms with Crippen molar-refractivity contribution in [2.45, 2.75) is 37.0 Å². The summed E-state index contributed by atoms with van der Waals surface area (Å²) in [6.45, 7) is 1.32. The summed E-state index contributed by atoms with van der Waals surface area (Å²) in [4.78, 5) is 24.8. The highest BCUT2D eigenvalue weighted by atomic mass is 32.2. The highest BCUT2D eigenvalue weighted by molar-refractivity contribution is 7.89. The van der Waals surface area contributed by atoms with Crippen molar-refractivity contribution in [3.8, 4) is 5.75 Å². The van der Waals surface area contributed by atoms with Crippen LogP contribution in [0.4, 0.5) is 0 Å². The number of ether oxygens (including phenoxy) is 1. The van der Waals surface area contributed by atoms with Gasteiger partial charge in [-0.05, 0) is 55.5 Å². The van der Waals surface area contributed by atoms with E-state index in [-0.39, 0.29) is 36.2 Å². The van der Waals surface area contributed by atoms with Crippen molar-refractivity contribution in [3.63, 3.8) is 0 Å². The number of piperidine rings is 1. The fourth-order valence-electron chi connectivity index (χ4n) is 3.97. The van der Waals surface area contributed by atoms with Gasteiger partial charge < -0.3 is 15.4 Å². The Morgan fingerprint density at radius 3 is 2.47 bits per heavy atom. The van der Waals surface area contributed by atoms with Crippen LogP contribution in [0.25, 0.3) is 0 Å². The second-order valence-electron chi connectivity index (χ2n) is 8.36. The van der Waals surface area contributed by atoms with E-state index in [2.05, 4.69) is 22.8 Å². The van der Waals surface area contributed by atoms with Gasteiger partial charge in [0.25, 0.3) is 0 Å². The lowest BCUT2D eigenvalue weighted by molar-refractivity contribution is -0.126. The molecule has 0 saturated carbocycles. The van der Waals surface area contributed by atoms with Crippen LogP contribution in [0.1, 0.15) is 31.2 Å². The Kier molecular flexibility index (Phi) is 9.47. The van der Waals surface area contributed by atoms with Gasteiger partial charge in [-0.1, -0.05) is 30.3 Å². The van der Waals surface area contributed by atoms with Gasteiger partial charge in [-0.3, -0.25) is 9.59 Å². The molecule has 184 valence electrons. The molecule has 8 nitrogen and oxygen atoms in total. The lowest BCUT2D eigenvalue weighted by atomic mass is 9.99. The Hall–Kier alpha value is -2.91. The van der Waals surface area contributed by atoms with E-state index >= 15 is 0 Å². The van der Waals surface area contributed by atoms with E-state index in [0.29, 0.717) is 31.7 Å². The Morgan fingerprint density at radius 2 is 1.76 bits per heavy atom. The number of benzene rings is 2. The number of hydrogen-bond acceptors (Lipinski definition) is 5. The average molecular weight is 488 g/mol. The SMILES string of the molecule is COc1ccc(S(=O)(=O)N2CCC[C@H](C(=O)NCCC(=O)NCCCc3ccccc3)C2)cc1. The number of sulfonamides is 1. The molecule has 1 atom stereocenters. The number of nitrogens with zero attached hydrogens (tertiary/aromatic N) is 1. The normalized spacial score (nSPS) is 16.6. The van der Waals surface area contributed by atoms with Crippen LogP contribution in [-0.4, -0.2) is 57.8 Å². The monoisotopic (exact) mass is 487 g/mol. The molecule has 2 N–H and O–H groups in total. The molecule has 1 saturated heterocycles. The minimum absolute atomic E-state index is 0.110. The summed E-state index contributed by atoms with van der Waals surface area (Å²) in [5.74, 6) is -0.182. The summed E-state index contributed by atoms with van der Waals surface area (Å²) in [6.07, 6.45) is 3.16. The first kappa shape index (κ1) is 25.7. The third kappa shape index (κ3) is 7.30. The molecule has 1 heterocycles. The quantitative estimate of drug-likeness (QED) is 0.474. The molecule has 2 aromatic carbocycles. The third-order valence-corrected chi connectivity index (χ3v) is 7.79. The number of aryl methyl sites for hydroxylation is 1. The highest BCUT2D eigenvalue weighted by Crippen LogP contribution is 2.25. The molecule has 34 heavy (non-hydrogen) atoms. The maximum absolute atomic E-state index is 13.0. The first-order valence-corrected chi connectivity index (χ1v) is 13.1. The molecule has 0 aromatic heterocycles. The maximum atomic E-state index is 13.0. The molecule has 9 heteroatoms. The van der Waals surface area contributed by atoms with Gasteiger partial charge in [-0.15, -0.1) is 0 Å². The third-order valence-electron chi connectivity index (χ3n) is 5.91. The van der Waals surface area contributed by atoms with Gasteiger partial charge in [-0.25, -0.2) is 8.42 Å². The number of carbonyl (C=O) groups is 2. The van der Waals surface area contributed by atoms with Crippen LogP contribution < -0.4 is 15.4 Å². The van der Waals surface area contributed by atoms with Crippen LogP contribution in [0, 0.1) is 5.92 Å². The van der Waals surface area contributed by atoms with E-state index in [9.17, 15) is 18.0 Å².